The third-order valence-corrected chi connectivity index (χ3v) is 3.98. The molecular weight excluding hydrogens is 263 g/mol. The van der Waals surface area contributed by atoms with Crippen molar-refractivity contribution in [3.63, 3.8) is 0 Å². The van der Waals surface area contributed by atoms with E-state index in [-0.39, 0.29) is 6.04 Å². The van der Waals surface area contributed by atoms with Crippen molar-refractivity contribution in [2.75, 3.05) is 11.5 Å². The Hall–Kier alpha value is -1.17. The lowest BCUT2D eigenvalue weighted by Crippen LogP contribution is -2.39. The molecule has 0 spiro atoms. The predicted molar refractivity (Wildman–Crippen MR) is 64.1 cm³/mol. The maximum atomic E-state index is 13.4. The number of hydrogen-bond acceptors (Lipinski definition) is 2. The Labute approximate surface area is 107 Å². The molecule has 1 atom stereocenters. The molecule has 0 saturated carbocycles. The van der Waals surface area contributed by atoms with Gasteiger partial charge in [-0.25, -0.2) is 13.2 Å². The molecule has 2 nitrogen and oxygen atoms in total. The molecule has 2 rings (SSSR count). The van der Waals surface area contributed by atoms with Crippen molar-refractivity contribution in [3.05, 3.63) is 35.1 Å². The summed E-state index contributed by atoms with van der Waals surface area (Å²) in [6.07, 6.45) is 1.72. The highest BCUT2D eigenvalue weighted by molar-refractivity contribution is 7.99. The van der Waals surface area contributed by atoms with Crippen LogP contribution in [-0.2, 0) is 0 Å². The van der Waals surface area contributed by atoms with Gasteiger partial charge in [-0.1, -0.05) is 0 Å². The molecule has 1 aliphatic heterocycles. The highest BCUT2D eigenvalue weighted by atomic mass is 32.2. The van der Waals surface area contributed by atoms with Crippen LogP contribution in [0, 0.1) is 17.5 Å². The molecule has 1 saturated heterocycles. The summed E-state index contributed by atoms with van der Waals surface area (Å²) in [5.41, 5.74) is -0.842. The third kappa shape index (κ3) is 2.80. The Kier molecular flexibility index (Phi) is 4.16. The van der Waals surface area contributed by atoms with Crippen LogP contribution >= 0.6 is 11.8 Å². The van der Waals surface area contributed by atoms with Gasteiger partial charge in [-0.3, -0.25) is 4.79 Å². The fourth-order valence-corrected chi connectivity index (χ4v) is 2.92. The smallest absolute Gasteiger partial charge is 0.257 e. The number of nitrogens with one attached hydrogen (secondary N) is 1. The van der Waals surface area contributed by atoms with Gasteiger partial charge in [0.2, 0.25) is 0 Å². The molecule has 0 bridgehead atoms. The molecule has 18 heavy (non-hydrogen) atoms. The number of carbonyl (C=O) groups is 1. The van der Waals surface area contributed by atoms with Crippen molar-refractivity contribution in [1.29, 1.82) is 0 Å². The molecule has 0 radical (unpaired) electrons. The number of benzene rings is 1. The second kappa shape index (κ2) is 5.65. The maximum Gasteiger partial charge on any atom is 0.257 e. The largest absolute Gasteiger partial charge is 0.348 e. The van der Waals surface area contributed by atoms with Crippen molar-refractivity contribution >= 4 is 17.7 Å². The van der Waals surface area contributed by atoms with Crippen LogP contribution in [-0.4, -0.2) is 23.5 Å². The number of hydrogen-bond donors (Lipinski definition) is 1. The second-order valence-corrected chi connectivity index (χ2v) is 5.26. The van der Waals surface area contributed by atoms with E-state index in [9.17, 15) is 18.0 Å². The fourth-order valence-electron chi connectivity index (χ4n) is 1.85. The lowest BCUT2D eigenvalue weighted by molar-refractivity contribution is 0.0929. The van der Waals surface area contributed by atoms with Crippen LogP contribution in [0.3, 0.4) is 0 Å². The van der Waals surface area contributed by atoms with E-state index < -0.39 is 28.9 Å². The molecule has 1 amide bonds. The molecule has 0 aromatic heterocycles. The summed E-state index contributed by atoms with van der Waals surface area (Å²) in [5.74, 6) is -2.86. The average molecular weight is 275 g/mol. The summed E-state index contributed by atoms with van der Waals surface area (Å²) in [4.78, 5) is 11.7. The van der Waals surface area contributed by atoms with E-state index in [4.69, 9.17) is 0 Å². The topological polar surface area (TPSA) is 29.1 Å². The number of carbonyl (C=O) groups excluding carboxylic acids is 1. The van der Waals surface area contributed by atoms with Gasteiger partial charge >= 0.3 is 0 Å². The first-order valence-electron chi connectivity index (χ1n) is 5.61. The molecule has 1 aliphatic rings. The van der Waals surface area contributed by atoms with Crippen molar-refractivity contribution in [2.24, 2.45) is 0 Å². The van der Waals surface area contributed by atoms with Gasteiger partial charge < -0.3 is 5.32 Å². The van der Waals surface area contributed by atoms with Crippen LogP contribution in [0.5, 0.6) is 0 Å². The standard InChI is InChI=1S/C12H12F3NOS/c13-8-3-4-9(14)11(15)10(8)12(17)16-7-2-1-5-18-6-7/h3-4,7H,1-2,5-6H2,(H,16,17). The molecular formula is C12H12F3NOS. The molecule has 1 heterocycles. The Morgan fingerprint density at radius 2 is 2.00 bits per heavy atom. The quantitative estimate of drug-likeness (QED) is 0.841. The molecule has 1 unspecified atom stereocenters. The van der Waals surface area contributed by atoms with Gasteiger partial charge in [-0.05, 0) is 30.7 Å². The van der Waals surface area contributed by atoms with Crippen molar-refractivity contribution in [3.8, 4) is 0 Å². The first-order valence-corrected chi connectivity index (χ1v) is 6.77. The van der Waals surface area contributed by atoms with Crippen LogP contribution in [0.25, 0.3) is 0 Å². The Morgan fingerprint density at radius 1 is 1.28 bits per heavy atom. The van der Waals surface area contributed by atoms with Gasteiger partial charge in [0.1, 0.15) is 11.4 Å². The highest BCUT2D eigenvalue weighted by Gasteiger charge is 2.23. The van der Waals surface area contributed by atoms with E-state index in [1.807, 2.05) is 0 Å². The van der Waals surface area contributed by atoms with Crippen LogP contribution in [0.1, 0.15) is 23.2 Å². The minimum atomic E-state index is -1.43. The molecule has 1 aromatic rings. The lowest BCUT2D eigenvalue weighted by Gasteiger charge is -2.22. The van der Waals surface area contributed by atoms with Crippen molar-refractivity contribution in [2.45, 2.75) is 18.9 Å². The van der Waals surface area contributed by atoms with E-state index in [0.29, 0.717) is 11.8 Å². The monoisotopic (exact) mass is 275 g/mol. The second-order valence-electron chi connectivity index (χ2n) is 4.11. The van der Waals surface area contributed by atoms with Gasteiger partial charge in [-0.15, -0.1) is 0 Å². The average Bonchev–Trinajstić information content (AvgIpc) is 2.36. The van der Waals surface area contributed by atoms with E-state index >= 15 is 0 Å². The third-order valence-electron chi connectivity index (χ3n) is 2.77. The molecule has 0 aliphatic carbocycles. The fraction of sp³-hybridized carbons (Fsp3) is 0.417. The zero-order valence-corrected chi connectivity index (χ0v) is 10.3. The minimum Gasteiger partial charge on any atom is -0.348 e. The Balaban J connectivity index is 2.15. The van der Waals surface area contributed by atoms with E-state index in [1.54, 1.807) is 11.8 Å². The normalized spacial score (nSPS) is 19.6. The zero-order valence-electron chi connectivity index (χ0n) is 9.51. The van der Waals surface area contributed by atoms with Crippen LogP contribution in [0.4, 0.5) is 13.2 Å². The SMILES string of the molecule is O=C(NC1CCCSC1)c1c(F)ccc(F)c1F. The minimum absolute atomic E-state index is 0.113. The summed E-state index contributed by atoms with van der Waals surface area (Å²) >= 11 is 1.68. The number of thioether (sulfide) groups is 1. The maximum absolute atomic E-state index is 13.4. The summed E-state index contributed by atoms with van der Waals surface area (Å²) in [6, 6.07) is 1.30. The van der Waals surface area contributed by atoms with Gasteiger partial charge in [-0.2, -0.15) is 11.8 Å². The number of rotatable bonds is 2. The van der Waals surface area contributed by atoms with Crippen molar-refractivity contribution in [1.82, 2.24) is 5.32 Å². The number of amides is 1. The van der Waals surface area contributed by atoms with E-state index in [2.05, 4.69) is 5.32 Å². The predicted octanol–water partition coefficient (Wildman–Crippen LogP) is 2.73. The van der Waals surface area contributed by atoms with Crippen LogP contribution < -0.4 is 5.32 Å². The molecule has 1 aromatic carbocycles. The first-order chi connectivity index (χ1) is 8.59. The highest BCUT2D eigenvalue weighted by Crippen LogP contribution is 2.19. The molecule has 6 heteroatoms. The summed E-state index contributed by atoms with van der Waals surface area (Å²) in [5, 5.41) is 2.54. The first kappa shape index (κ1) is 13.3. The molecule has 98 valence electrons. The zero-order chi connectivity index (χ0) is 13.1. The molecule has 1 fully saturated rings. The summed E-state index contributed by atoms with van der Waals surface area (Å²) in [6.45, 7) is 0. The van der Waals surface area contributed by atoms with E-state index in [1.165, 1.54) is 0 Å². The van der Waals surface area contributed by atoms with Crippen molar-refractivity contribution < 1.29 is 18.0 Å². The Bertz CT molecular complexity index is 461. The van der Waals surface area contributed by atoms with Crippen LogP contribution in [0.2, 0.25) is 0 Å². The number of halogens is 3. The van der Waals surface area contributed by atoms with E-state index in [0.717, 1.165) is 24.7 Å². The van der Waals surface area contributed by atoms with Gasteiger partial charge in [0.05, 0.1) is 0 Å². The van der Waals surface area contributed by atoms with Gasteiger partial charge in [0, 0.05) is 11.8 Å². The summed E-state index contributed by atoms with van der Waals surface area (Å²) < 4.78 is 39.7. The Morgan fingerprint density at radius 3 is 2.67 bits per heavy atom. The summed E-state index contributed by atoms with van der Waals surface area (Å²) in [7, 11) is 0. The van der Waals surface area contributed by atoms with Gasteiger partial charge in [0.25, 0.3) is 5.91 Å². The van der Waals surface area contributed by atoms with Gasteiger partial charge in [0.15, 0.2) is 11.6 Å². The lowest BCUT2D eigenvalue weighted by atomic mass is 10.1. The van der Waals surface area contributed by atoms with Crippen LogP contribution in [0.15, 0.2) is 12.1 Å². The molecule has 1 N–H and O–H groups in total.